The molecular formula is C21H12ClFN2O4. The first-order valence-electron chi connectivity index (χ1n) is 8.19. The standard InChI is InChI=1S/C21H12ClFN2O4/c22-18-7-1-12(21(27)28)10-17(18)19-8-6-16(29-19)9-13(11-24)20(26)25-15-4-2-14(23)3-5-15/h1-10H,(H,25,26)(H,27,28)/b13-9+. The molecule has 1 amide bonds. The predicted octanol–water partition coefficient (Wildman–Crippen LogP) is 4.98. The minimum Gasteiger partial charge on any atom is -0.478 e. The van der Waals surface area contributed by atoms with Crippen LogP contribution in [0.2, 0.25) is 5.02 Å². The fourth-order valence-electron chi connectivity index (χ4n) is 2.44. The summed E-state index contributed by atoms with van der Waals surface area (Å²) < 4.78 is 18.5. The minimum atomic E-state index is -1.11. The van der Waals surface area contributed by atoms with Gasteiger partial charge in [0.1, 0.15) is 29.0 Å². The topological polar surface area (TPSA) is 103 Å². The van der Waals surface area contributed by atoms with Gasteiger partial charge in [-0.1, -0.05) is 11.6 Å². The highest BCUT2D eigenvalue weighted by Gasteiger charge is 2.14. The van der Waals surface area contributed by atoms with Crippen molar-refractivity contribution in [2.45, 2.75) is 0 Å². The lowest BCUT2D eigenvalue weighted by Gasteiger charge is -2.04. The van der Waals surface area contributed by atoms with Crippen molar-refractivity contribution in [1.29, 1.82) is 5.26 Å². The molecule has 0 aliphatic heterocycles. The number of hydrogen-bond donors (Lipinski definition) is 2. The highest BCUT2D eigenvalue weighted by molar-refractivity contribution is 6.33. The van der Waals surface area contributed by atoms with Gasteiger partial charge in [0.05, 0.1) is 10.6 Å². The van der Waals surface area contributed by atoms with Crippen LogP contribution in [0.25, 0.3) is 17.4 Å². The summed E-state index contributed by atoms with van der Waals surface area (Å²) in [6.07, 6.45) is 1.23. The van der Waals surface area contributed by atoms with Crippen molar-refractivity contribution in [3.8, 4) is 17.4 Å². The predicted molar refractivity (Wildman–Crippen MR) is 105 cm³/mol. The first-order valence-corrected chi connectivity index (χ1v) is 8.57. The summed E-state index contributed by atoms with van der Waals surface area (Å²) >= 11 is 6.12. The van der Waals surface area contributed by atoms with Crippen molar-refractivity contribution in [3.63, 3.8) is 0 Å². The van der Waals surface area contributed by atoms with Gasteiger partial charge in [-0.15, -0.1) is 0 Å². The van der Waals surface area contributed by atoms with E-state index in [4.69, 9.17) is 21.1 Å². The van der Waals surface area contributed by atoms with Gasteiger partial charge >= 0.3 is 5.97 Å². The Hall–Kier alpha value is -3.89. The fraction of sp³-hybridized carbons (Fsp3) is 0. The largest absolute Gasteiger partial charge is 0.478 e. The van der Waals surface area contributed by atoms with Crippen molar-refractivity contribution in [2.75, 3.05) is 5.32 Å². The number of aromatic carboxylic acids is 1. The summed E-state index contributed by atoms with van der Waals surface area (Å²) in [5, 5.41) is 21.2. The number of furan rings is 1. The van der Waals surface area contributed by atoms with Crippen molar-refractivity contribution in [3.05, 3.63) is 82.3 Å². The van der Waals surface area contributed by atoms with E-state index in [1.165, 1.54) is 54.6 Å². The van der Waals surface area contributed by atoms with Crippen LogP contribution in [-0.4, -0.2) is 17.0 Å². The van der Waals surface area contributed by atoms with Crippen molar-refractivity contribution < 1.29 is 23.5 Å². The molecule has 0 unspecified atom stereocenters. The maximum Gasteiger partial charge on any atom is 0.335 e. The molecule has 3 aromatic rings. The van der Waals surface area contributed by atoms with Crippen molar-refractivity contribution in [1.82, 2.24) is 0 Å². The number of halogens is 2. The number of nitrogens with zero attached hydrogens (tertiary/aromatic N) is 1. The number of nitriles is 1. The third-order valence-electron chi connectivity index (χ3n) is 3.86. The van der Waals surface area contributed by atoms with E-state index in [0.717, 1.165) is 0 Å². The lowest BCUT2D eigenvalue weighted by Crippen LogP contribution is -2.13. The first-order chi connectivity index (χ1) is 13.9. The molecule has 1 aromatic heterocycles. The van der Waals surface area contributed by atoms with Gasteiger partial charge in [-0.2, -0.15) is 5.26 Å². The number of benzene rings is 2. The molecule has 0 radical (unpaired) electrons. The van der Waals surface area contributed by atoms with Crippen LogP contribution in [0, 0.1) is 17.1 Å². The van der Waals surface area contributed by atoms with Crippen LogP contribution in [0.4, 0.5) is 10.1 Å². The van der Waals surface area contributed by atoms with Crippen LogP contribution in [0.1, 0.15) is 16.1 Å². The molecule has 8 heteroatoms. The average Bonchev–Trinajstić information content (AvgIpc) is 3.16. The third kappa shape index (κ3) is 4.69. The van der Waals surface area contributed by atoms with Crippen LogP contribution >= 0.6 is 11.6 Å². The molecule has 6 nitrogen and oxygen atoms in total. The van der Waals surface area contributed by atoms with E-state index in [-0.39, 0.29) is 27.7 Å². The second kappa shape index (κ2) is 8.42. The number of carboxylic acid groups (broad SMARTS) is 1. The number of anilines is 1. The van der Waals surface area contributed by atoms with Gasteiger partial charge < -0.3 is 14.8 Å². The van der Waals surface area contributed by atoms with E-state index < -0.39 is 17.7 Å². The average molecular weight is 411 g/mol. The second-order valence-corrected chi connectivity index (χ2v) is 6.24. The minimum absolute atomic E-state index is 0.0364. The molecular weight excluding hydrogens is 399 g/mol. The van der Waals surface area contributed by atoms with E-state index >= 15 is 0 Å². The number of rotatable bonds is 5. The Morgan fingerprint density at radius 3 is 2.52 bits per heavy atom. The Labute approximate surface area is 169 Å². The van der Waals surface area contributed by atoms with Crippen LogP contribution in [0.15, 0.2) is 64.6 Å². The molecule has 1 heterocycles. The lowest BCUT2D eigenvalue weighted by molar-refractivity contribution is -0.112. The van der Waals surface area contributed by atoms with E-state index in [1.54, 1.807) is 12.1 Å². The van der Waals surface area contributed by atoms with Gasteiger partial charge in [0.15, 0.2) is 0 Å². The molecule has 0 spiro atoms. The van der Waals surface area contributed by atoms with Gasteiger partial charge in [0.25, 0.3) is 5.91 Å². The van der Waals surface area contributed by atoms with Gasteiger partial charge in [0, 0.05) is 17.3 Å². The molecule has 0 aliphatic carbocycles. The van der Waals surface area contributed by atoms with Crippen molar-refractivity contribution in [2.24, 2.45) is 0 Å². The van der Waals surface area contributed by atoms with Crippen LogP contribution < -0.4 is 5.32 Å². The zero-order chi connectivity index (χ0) is 21.0. The summed E-state index contributed by atoms with van der Waals surface area (Å²) in [5.41, 5.74) is 0.491. The third-order valence-corrected chi connectivity index (χ3v) is 4.19. The van der Waals surface area contributed by atoms with Crippen LogP contribution in [0.3, 0.4) is 0 Å². The smallest absolute Gasteiger partial charge is 0.335 e. The molecule has 2 aromatic carbocycles. The Bertz CT molecular complexity index is 1160. The lowest BCUT2D eigenvalue weighted by atomic mass is 10.1. The number of carbonyl (C=O) groups is 2. The summed E-state index contributed by atoms with van der Waals surface area (Å²) in [4.78, 5) is 23.4. The number of hydrogen-bond acceptors (Lipinski definition) is 4. The van der Waals surface area contributed by atoms with Crippen LogP contribution in [-0.2, 0) is 4.79 Å². The van der Waals surface area contributed by atoms with Crippen molar-refractivity contribution >= 4 is 35.2 Å². The molecule has 29 heavy (non-hydrogen) atoms. The molecule has 0 aliphatic rings. The van der Waals surface area contributed by atoms with E-state index in [9.17, 15) is 19.2 Å². The number of carbonyl (C=O) groups excluding carboxylic acids is 1. The fourth-order valence-corrected chi connectivity index (χ4v) is 2.66. The molecule has 2 N–H and O–H groups in total. The number of nitrogens with one attached hydrogen (secondary N) is 1. The Balaban J connectivity index is 1.85. The molecule has 0 saturated carbocycles. The monoisotopic (exact) mass is 410 g/mol. The van der Waals surface area contributed by atoms with Crippen LogP contribution in [0.5, 0.6) is 0 Å². The normalized spacial score (nSPS) is 11.0. The zero-order valence-electron chi connectivity index (χ0n) is 14.6. The second-order valence-electron chi connectivity index (χ2n) is 5.83. The molecule has 0 fully saturated rings. The Morgan fingerprint density at radius 2 is 1.86 bits per heavy atom. The number of amides is 1. The maximum atomic E-state index is 12.9. The van der Waals surface area contributed by atoms with Gasteiger partial charge in [0.2, 0.25) is 0 Å². The molecule has 0 bridgehead atoms. The molecule has 3 rings (SSSR count). The molecule has 144 valence electrons. The summed E-state index contributed by atoms with van der Waals surface area (Å²) in [7, 11) is 0. The molecule has 0 saturated heterocycles. The summed E-state index contributed by atoms with van der Waals surface area (Å²) in [5.74, 6) is -1.78. The van der Waals surface area contributed by atoms with E-state index in [1.807, 2.05) is 0 Å². The Kier molecular flexibility index (Phi) is 5.77. The quantitative estimate of drug-likeness (QED) is 0.456. The highest BCUT2D eigenvalue weighted by Crippen LogP contribution is 2.31. The van der Waals surface area contributed by atoms with E-state index in [0.29, 0.717) is 11.3 Å². The highest BCUT2D eigenvalue weighted by atomic mass is 35.5. The first kappa shape index (κ1) is 19.9. The number of carboxylic acids is 1. The zero-order valence-corrected chi connectivity index (χ0v) is 15.4. The van der Waals surface area contributed by atoms with Gasteiger partial charge in [-0.05, 0) is 54.6 Å². The maximum absolute atomic E-state index is 12.9. The summed E-state index contributed by atoms with van der Waals surface area (Å²) in [6.45, 7) is 0. The van der Waals surface area contributed by atoms with Gasteiger partial charge in [-0.25, -0.2) is 9.18 Å². The van der Waals surface area contributed by atoms with Gasteiger partial charge in [-0.3, -0.25) is 4.79 Å². The Morgan fingerprint density at radius 1 is 1.14 bits per heavy atom. The van der Waals surface area contributed by atoms with E-state index in [2.05, 4.69) is 5.32 Å². The summed E-state index contributed by atoms with van der Waals surface area (Å²) in [6, 6.07) is 14.1. The SMILES string of the molecule is N#C/C(=C\c1ccc(-c2cc(C(=O)O)ccc2Cl)o1)C(=O)Nc1ccc(F)cc1. The molecule has 0 atom stereocenters.